The SMILES string of the molecule is CNCCC(c1ccc(-c2ccccc2)cc1)N(C)C. The summed E-state index contributed by atoms with van der Waals surface area (Å²) in [6.45, 7) is 1.03. The third-order valence-electron chi connectivity index (χ3n) is 3.69. The maximum atomic E-state index is 3.23. The predicted molar refractivity (Wildman–Crippen MR) is 86.8 cm³/mol. The van der Waals surface area contributed by atoms with E-state index >= 15 is 0 Å². The van der Waals surface area contributed by atoms with Crippen LogP contribution in [0.25, 0.3) is 11.1 Å². The molecule has 0 fully saturated rings. The van der Waals surface area contributed by atoms with Gasteiger partial charge in [0.05, 0.1) is 0 Å². The average molecular weight is 268 g/mol. The molecule has 1 unspecified atom stereocenters. The van der Waals surface area contributed by atoms with Crippen molar-refractivity contribution in [3.63, 3.8) is 0 Å². The van der Waals surface area contributed by atoms with Crippen LogP contribution in [-0.2, 0) is 0 Å². The first kappa shape index (κ1) is 14.8. The lowest BCUT2D eigenvalue weighted by Gasteiger charge is -2.25. The van der Waals surface area contributed by atoms with E-state index in [-0.39, 0.29) is 0 Å². The van der Waals surface area contributed by atoms with Crippen LogP contribution < -0.4 is 5.32 Å². The Bertz CT molecular complexity index is 503. The van der Waals surface area contributed by atoms with Gasteiger partial charge in [0.1, 0.15) is 0 Å². The monoisotopic (exact) mass is 268 g/mol. The molecular weight excluding hydrogens is 244 g/mol. The molecule has 0 aliphatic carbocycles. The predicted octanol–water partition coefficient (Wildman–Crippen LogP) is 3.57. The summed E-state index contributed by atoms with van der Waals surface area (Å²) in [5.41, 5.74) is 3.93. The fraction of sp³-hybridized carbons (Fsp3) is 0.333. The molecule has 1 N–H and O–H groups in total. The number of nitrogens with zero attached hydrogens (tertiary/aromatic N) is 1. The first-order valence-electron chi connectivity index (χ1n) is 7.19. The van der Waals surface area contributed by atoms with Crippen LogP contribution in [0, 0.1) is 0 Å². The van der Waals surface area contributed by atoms with Crippen molar-refractivity contribution in [2.45, 2.75) is 12.5 Å². The number of rotatable bonds is 6. The normalized spacial score (nSPS) is 12.6. The van der Waals surface area contributed by atoms with Crippen molar-refractivity contribution >= 4 is 0 Å². The van der Waals surface area contributed by atoms with Crippen LogP contribution in [0.4, 0.5) is 0 Å². The number of benzene rings is 2. The Morgan fingerprint density at radius 2 is 1.50 bits per heavy atom. The first-order chi connectivity index (χ1) is 9.72. The van der Waals surface area contributed by atoms with Crippen molar-refractivity contribution in [2.24, 2.45) is 0 Å². The quantitative estimate of drug-likeness (QED) is 0.861. The maximum Gasteiger partial charge on any atom is 0.0354 e. The standard InChI is InChI=1S/C18H24N2/c1-19-14-13-18(20(2)3)17-11-9-16(10-12-17)15-7-5-4-6-8-15/h4-12,18-19H,13-14H2,1-3H3. The Labute approximate surface area is 122 Å². The van der Waals surface area contributed by atoms with E-state index in [1.807, 2.05) is 7.05 Å². The summed E-state index contributed by atoms with van der Waals surface area (Å²) >= 11 is 0. The number of hydrogen-bond donors (Lipinski definition) is 1. The topological polar surface area (TPSA) is 15.3 Å². The van der Waals surface area contributed by atoms with Gasteiger partial charge in [-0.05, 0) is 50.8 Å². The maximum absolute atomic E-state index is 3.23. The molecule has 2 rings (SSSR count). The van der Waals surface area contributed by atoms with Gasteiger partial charge in [0.2, 0.25) is 0 Å². The molecule has 2 heteroatoms. The van der Waals surface area contributed by atoms with Crippen molar-refractivity contribution < 1.29 is 0 Å². The number of hydrogen-bond acceptors (Lipinski definition) is 2. The second-order valence-corrected chi connectivity index (χ2v) is 5.36. The van der Waals surface area contributed by atoms with E-state index in [1.54, 1.807) is 0 Å². The Balaban J connectivity index is 2.18. The summed E-state index contributed by atoms with van der Waals surface area (Å²) in [5, 5.41) is 3.23. The van der Waals surface area contributed by atoms with E-state index in [0.717, 1.165) is 13.0 Å². The van der Waals surface area contributed by atoms with Gasteiger partial charge in [-0.3, -0.25) is 0 Å². The van der Waals surface area contributed by atoms with Gasteiger partial charge in [-0.15, -0.1) is 0 Å². The molecule has 0 heterocycles. The van der Waals surface area contributed by atoms with Crippen molar-refractivity contribution in [1.29, 1.82) is 0 Å². The van der Waals surface area contributed by atoms with Crippen molar-refractivity contribution in [3.05, 3.63) is 60.2 Å². The largest absolute Gasteiger partial charge is 0.320 e. The van der Waals surface area contributed by atoms with E-state index in [2.05, 4.69) is 78.9 Å². The highest BCUT2D eigenvalue weighted by Crippen LogP contribution is 2.25. The minimum atomic E-state index is 0.465. The summed E-state index contributed by atoms with van der Waals surface area (Å²) < 4.78 is 0. The van der Waals surface area contributed by atoms with Gasteiger partial charge in [-0.25, -0.2) is 0 Å². The minimum absolute atomic E-state index is 0.465. The zero-order valence-corrected chi connectivity index (χ0v) is 12.6. The van der Waals surface area contributed by atoms with Crippen LogP contribution in [0.3, 0.4) is 0 Å². The Hall–Kier alpha value is -1.64. The summed E-state index contributed by atoms with van der Waals surface area (Å²) in [7, 11) is 6.29. The fourth-order valence-electron chi connectivity index (χ4n) is 2.53. The summed E-state index contributed by atoms with van der Waals surface area (Å²) in [4.78, 5) is 2.29. The van der Waals surface area contributed by atoms with Gasteiger partial charge >= 0.3 is 0 Å². The molecule has 2 aromatic rings. The molecule has 0 aliphatic heterocycles. The molecular formula is C18H24N2. The molecule has 0 amide bonds. The van der Waals surface area contributed by atoms with E-state index in [0.29, 0.717) is 6.04 Å². The molecule has 20 heavy (non-hydrogen) atoms. The highest BCUT2D eigenvalue weighted by Gasteiger charge is 2.13. The van der Waals surface area contributed by atoms with Crippen molar-refractivity contribution in [2.75, 3.05) is 27.7 Å². The fourth-order valence-corrected chi connectivity index (χ4v) is 2.53. The third kappa shape index (κ3) is 3.69. The molecule has 1 atom stereocenters. The van der Waals surface area contributed by atoms with Crippen LogP contribution in [0.5, 0.6) is 0 Å². The average Bonchev–Trinajstić information content (AvgIpc) is 2.49. The Morgan fingerprint density at radius 1 is 0.900 bits per heavy atom. The Morgan fingerprint density at radius 3 is 2.05 bits per heavy atom. The second-order valence-electron chi connectivity index (χ2n) is 5.36. The molecule has 106 valence electrons. The molecule has 2 aromatic carbocycles. The molecule has 0 bridgehead atoms. The van der Waals surface area contributed by atoms with Crippen LogP contribution in [0.1, 0.15) is 18.0 Å². The lowest BCUT2D eigenvalue weighted by atomic mass is 9.98. The zero-order valence-electron chi connectivity index (χ0n) is 12.6. The smallest absolute Gasteiger partial charge is 0.0354 e. The van der Waals surface area contributed by atoms with Crippen LogP contribution in [0.2, 0.25) is 0 Å². The van der Waals surface area contributed by atoms with Gasteiger partial charge in [-0.2, -0.15) is 0 Å². The lowest BCUT2D eigenvalue weighted by Crippen LogP contribution is -2.23. The molecule has 0 spiro atoms. The van der Waals surface area contributed by atoms with Crippen LogP contribution >= 0.6 is 0 Å². The van der Waals surface area contributed by atoms with E-state index in [4.69, 9.17) is 0 Å². The van der Waals surface area contributed by atoms with E-state index in [9.17, 15) is 0 Å². The highest BCUT2D eigenvalue weighted by atomic mass is 15.1. The van der Waals surface area contributed by atoms with Crippen molar-refractivity contribution in [1.82, 2.24) is 10.2 Å². The minimum Gasteiger partial charge on any atom is -0.320 e. The van der Waals surface area contributed by atoms with Gasteiger partial charge in [0, 0.05) is 6.04 Å². The second kappa shape index (κ2) is 7.22. The summed E-state index contributed by atoms with van der Waals surface area (Å²) in [6.07, 6.45) is 1.12. The van der Waals surface area contributed by atoms with Gasteiger partial charge in [0.25, 0.3) is 0 Å². The summed E-state index contributed by atoms with van der Waals surface area (Å²) in [6, 6.07) is 19.9. The van der Waals surface area contributed by atoms with Crippen LogP contribution in [0.15, 0.2) is 54.6 Å². The third-order valence-corrected chi connectivity index (χ3v) is 3.69. The van der Waals surface area contributed by atoms with E-state index in [1.165, 1.54) is 16.7 Å². The highest BCUT2D eigenvalue weighted by molar-refractivity contribution is 5.63. The molecule has 0 saturated carbocycles. The molecule has 2 nitrogen and oxygen atoms in total. The zero-order chi connectivity index (χ0) is 14.4. The van der Waals surface area contributed by atoms with Crippen LogP contribution in [-0.4, -0.2) is 32.6 Å². The first-order valence-corrected chi connectivity index (χ1v) is 7.19. The van der Waals surface area contributed by atoms with Gasteiger partial charge in [0.15, 0.2) is 0 Å². The molecule has 0 aliphatic rings. The lowest BCUT2D eigenvalue weighted by molar-refractivity contribution is 0.283. The molecule has 0 saturated heterocycles. The van der Waals surface area contributed by atoms with Crippen molar-refractivity contribution in [3.8, 4) is 11.1 Å². The number of nitrogens with one attached hydrogen (secondary N) is 1. The molecule has 0 aromatic heterocycles. The summed E-state index contributed by atoms with van der Waals surface area (Å²) in [5.74, 6) is 0. The Kier molecular flexibility index (Phi) is 5.33. The van der Waals surface area contributed by atoms with E-state index < -0.39 is 0 Å². The van der Waals surface area contributed by atoms with Gasteiger partial charge in [-0.1, -0.05) is 54.6 Å². The van der Waals surface area contributed by atoms with Gasteiger partial charge < -0.3 is 10.2 Å². The molecule has 0 radical (unpaired) electrons.